The Morgan fingerprint density at radius 2 is 1.31 bits per heavy atom. The van der Waals surface area contributed by atoms with Gasteiger partial charge in [0, 0.05) is 50.1 Å². The van der Waals surface area contributed by atoms with Gasteiger partial charge in [0.1, 0.15) is 24.1 Å². The highest BCUT2D eigenvalue weighted by molar-refractivity contribution is 6.04. The second-order valence-corrected chi connectivity index (χ2v) is 12.5. The molecule has 0 aliphatic carbocycles. The summed E-state index contributed by atoms with van der Waals surface area (Å²) in [6.45, 7) is 5.86. The first-order valence-electron chi connectivity index (χ1n) is 17.3. The van der Waals surface area contributed by atoms with Gasteiger partial charge in [-0.05, 0) is 55.2 Å². The van der Waals surface area contributed by atoms with Crippen LogP contribution in [0, 0.1) is 5.92 Å². The number of carbonyl (C=O) groups is 2. The number of anilines is 2. The number of ether oxygens (including phenoxy) is 3. The number of aliphatic hydroxyl groups excluding tert-OH is 1. The number of benzene rings is 2. The van der Waals surface area contributed by atoms with Crippen molar-refractivity contribution < 1.29 is 28.9 Å². The van der Waals surface area contributed by atoms with Gasteiger partial charge >= 0.3 is 11.4 Å². The lowest BCUT2D eigenvalue weighted by Crippen LogP contribution is -2.35. The molecule has 52 heavy (non-hydrogen) atoms. The Morgan fingerprint density at radius 3 is 1.77 bits per heavy atom. The molecular weight excluding hydrogens is 670 g/mol. The molecule has 0 spiro atoms. The summed E-state index contributed by atoms with van der Waals surface area (Å²) in [5.74, 6) is 0.163. The zero-order valence-corrected chi connectivity index (χ0v) is 29.4. The van der Waals surface area contributed by atoms with E-state index in [1.807, 2.05) is 12.1 Å². The van der Waals surface area contributed by atoms with E-state index in [1.165, 1.54) is 21.4 Å². The van der Waals surface area contributed by atoms with Crippen molar-refractivity contribution in [2.45, 2.75) is 63.9 Å². The first-order valence-corrected chi connectivity index (χ1v) is 17.3. The van der Waals surface area contributed by atoms with Crippen LogP contribution < -0.4 is 27.3 Å². The van der Waals surface area contributed by atoms with E-state index in [4.69, 9.17) is 14.2 Å². The molecule has 15 heteroatoms. The van der Waals surface area contributed by atoms with Crippen LogP contribution in [0.15, 0.2) is 94.8 Å². The molecule has 0 bridgehead atoms. The molecule has 2 fully saturated rings. The smallest absolute Gasteiger partial charge is 0.351 e. The van der Waals surface area contributed by atoms with Crippen molar-refractivity contribution in [1.29, 1.82) is 0 Å². The molecule has 6 atom stereocenters. The van der Waals surface area contributed by atoms with E-state index < -0.39 is 29.8 Å². The zero-order valence-electron chi connectivity index (χ0n) is 29.4. The second kappa shape index (κ2) is 18.4. The number of hydrogen-bond donors (Lipinski definition) is 4. The van der Waals surface area contributed by atoms with Crippen LogP contribution in [-0.4, -0.2) is 81.1 Å². The lowest BCUT2D eigenvalue weighted by Gasteiger charge is -2.16. The quantitative estimate of drug-likeness (QED) is 0.158. The van der Waals surface area contributed by atoms with Crippen molar-refractivity contribution in [3.63, 3.8) is 0 Å². The molecule has 4 aromatic rings. The van der Waals surface area contributed by atoms with Gasteiger partial charge in [-0.1, -0.05) is 50.2 Å². The number of amides is 2. The van der Waals surface area contributed by atoms with Gasteiger partial charge in [-0.3, -0.25) is 18.7 Å². The van der Waals surface area contributed by atoms with E-state index in [1.54, 1.807) is 67.9 Å². The van der Waals surface area contributed by atoms with Crippen molar-refractivity contribution in [3.8, 4) is 0 Å². The Hall–Kier alpha value is -5.06. The molecule has 0 saturated carbocycles. The predicted octanol–water partition coefficient (Wildman–Crippen LogP) is 3.21. The average molecular weight is 716 g/mol. The molecule has 6 rings (SSSR count). The maximum Gasteiger partial charge on any atom is 0.351 e. The van der Waals surface area contributed by atoms with E-state index in [2.05, 4.69) is 39.8 Å². The molecule has 0 radical (unpaired) electrons. The number of methoxy groups -OCH3 is 1. The first-order chi connectivity index (χ1) is 25.2. The van der Waals surface area contributed by atoms with Crippen LogP contribution >= 0.6 is 0 Å². The molecule has 4 N–H and O–H groups in total. The minimum atomic E-state index is -0.690. The van der Waals surface area contributed by atoms with Crippen LogP contribution in [0.1, 0.15) is 66.3 Å². The lowest BCUT2D eigenvalue weighted by molar-refractivity contribution is -0.0195. The summed E-state index contributed by atoms with van der Waals surface area (Å²) < 4.78 is 19.5. The van der Waals surface area contributed by atoms with Crippen LogP contribution in [0.25, 0.3) is 0 Å². The zero-order chi connectivity index (χ0) is 37.0. The SMILES string of the molecule is CC[C@H]1O[C@@H](n2ccc(NC(=O)c3ccccc3)nc2=O)C[C@@H]1C.COCCNC[C@H]1O[C@@H](n2ccc(NC(=O)c3ccccc3)nc2=O)C[C@@H]1O. The number of carbonyl (C=O) groups excluding carboxylic acids is 2. The van der Waals surface area contributed by atoms with Crippen LogP contribution in [0.3, 0.4) is 0 Å². The molecule has 0 unspecified atom stereocenters. The minimum absolute atomic E-state index is 0.159. The molecule has 2 amide bonds. The van der Waals surface area contributed by atoms with Crippen LogP contribution in [0.4, 0.5) is 11.6 Å². The summed E-state index contributed by atoms with van der Waals surface area (Å²) in [5, 5.41) is 18.5. The number of nitrogens with one attached hydrogen (secondary N) is 3. The highest BCUT2D eigenvalue weighted by Gasteiger charge is 2.35. The molecule has 2 aliphatic heterocycles. The van der Waals surface area contributed by atoms with Gasteiger partial charge in [0.15, 0.2) is 0 Å². The topological polar surface area (TPSA) is 188 Å². The standard InChI is InChI=1S/C19H24N4O5.C18H21N3O3/c1-27-10-8-20-12-15-14(24)11-17(28-15)23-9-7-16(22-19(23)26)21-18(25)13-5-3-2-4-6-13;1-3-14-12(2)11-16(24-14)21-10-9-15(20-18(21)23)19-17(22)13-7-5-4-6-8-13/h2-7,9,14-15,17,20,24H,8,10-12H2,1H3,(H,21,22,25,26);4-10,12,14,16H,3,11H2,1-2H3,(H,19,20,22,23)/t14-,15+,17+;12-,14+,16+/m00/s1. The summed E-state index contributed by atoms with van der Waals surface area (Å²) in [6.07, 6.45) is 3.29. The van der Waals surface area contributed by atoms with Gasteiger partial charge in [-0.15, -0.1) is 0 Å². The normalized spacial score (nSPS) is 22.3. The molecule has 276 valence electrons. The van der Waals surface area contributed by atoms with Crippen molar-refractivity contribution in [2.75, 3.05) is 37.4 Å². The van der Waals surface area contributed by atoms with E-state index in [-0.39, 0.29) is 42.2 Å². The fourth-order valence-corrected chi connectivity index (χ4v) is 5.99. The first kappa shape index (κ1) is 38.2. The van der Waals surface area contributed by atoms with E-state index in [0.29, 0.717) is 36.7 Å². The third-order valence-corrected chi connectivity index (χ3v) is 8.81. The number of hydrogen-bond acceptors (Lipinski definition) is 11. The third-order valence-electron chi connectivity index (χ3n) is 8.81. The van der Waals surface area contributed by atoms with Gasteiger partial charge in [0.05, 0.1) is 24.9 Å². The van der Waals surface area contributed by atoms with Gasteiger partial charge in [-0.2, -0.15) is 9.97 Å². The lowest BCUT2D eigenvalue weighted by atomic mass is 10.0. The van der Waals surface area contributed by atoms with Gasteiger partial charge in [0.2, 0.25) is 0 Å². The summed E-state index contributed by atoms with van der Waals surface area (Å²) in [4.78, 5) is 56.8. The molecule has 2 aliphatic rings. The number of rotatable bonds is 12. The highest BCUT2D eigenvalue weighted by atomic mass is 16.5. The van der Waals surface area contributed by atoms with Crippen LogP contribution in [0.2, 0.25) is 0 Å². The van der Waals surface area contributed by atoms with E-state index >= 15 is 0 Å². The average Bonchev–Trinajstić information content (AvgIpc) is 3.72. The fraction of sp³-hybridized carbons (Fsp3) is 0.405. The van der Waals surface area contributed by atoms with E-state index in [0.717, 1.165) is 12.8 Å². The maximum atomic E-state index is 12.4. The predicted molar refractivity (Wildman–Crippen MR) is 193 cm³/mol. The van der Waals surface area contributed by atoms with Crippen molar-refractivity contribution in [3.05, 3.63) is 117 Å². The summed E-state index contributed by atoms with van der Waals surface area (Å²) in [5.41, 5.74) is 0.00706. The third kappa shape index (κ3) is 10.0. The Morgan fingerprint density at radius 1 is 0.808 bits per heavy atom. The summed E-state index contributed by atoms with van der Waals surface area (Å²) >= 11 is 0. The van der Waals surface area contributed by atoms with Crippen LogP contribution in [0.5, 0.6) is 0 Å². The minimum Gasteiger partial charge on any atom is -0.390 e. The second-order valence-electron chi connectivity index (χ2n) is 12.5. The number of aromatic nitrogens is 4. The molecule has 2 aromatic heterocycles. The Balaban J connectivity index is 0.000000203. The van der Waals surface area contributed by atoms with Crippen molar-refractivity contribution >= 4 is 23.5 Å². The molecule has 15 nitrogen and oxygen atoms in total. The van der Waals surface area contributed by atoms with Gasteiger partial charge in [-0.25, -0.2) is 9.59 Å². The molecular formula is C37H45N7O8. The van der Waals surface area contributed by atoms with E-state index in [9.17, 15) is 24.3 Å². The van der Waals surface area contributed by atoms with Crippen molar-refractivity contribution in [2.24, 2.45) is 5.92 Å². The summed E-state index contributed by atoms with van der Waals surface area (Å²) in [7, 11) is 1.62. The Kier molecular flexibility index (Phi) is 13.5. The highest BCUT2D eigenvalue weighted by Crippen LogP contribution is 2.33. The maximum absolute atomic E-state index is 12.4. The molecule has 2 saturated heterocycles. The Bertz CT molecular complexity index is 1890. The monoisotopic (exact) mass is 715 g/mol. The van der Waals surface area contributed by atoms with Gasteiger partial charge < -0.3 is 35.3 Å². The molecule has 2 aromatic carbocycles. The fourth-order valence-electron chi connectivity index (χ4n) is 5.99. The van der Waals surface area contributed by atoms with Crippen LogP contribution in [-0.2, 0) is 14.2 Å². The largest absolute Gasteiger partial charge is 0.390 e. The number of nitrogens with zero attached hydrogens (tertiary/aromatic N) is 4. The molecule has 4 heterocycles. The number of aliphatic hydroxyl groups is 1. The Labute approximate surface area is 301 Å². The van der Waals surface area contributed by atoms with Crippen molar-refractivity contribution in [1.82, 2.24) is 24.4 Å². The summed E-state index contributed by atoms with van der Waals surface area (Å²) in [6, 6.07) is 20.6. The van der Waals surface area contributed by atoms with Gasteiger partial charge in [0.25, 0.3) is 11.8 Å².